The molecular weight excluding hydrogens is 477 g/mol. The van der Waals surface area contributed by atoms with E-state index in [1.54, 1.807) is 18.3 Å². The summed E-state index contributed by atoms with van der Waals surface area (Å²) in [7, 11) is 0. The van der Waals surface area contributed by atoms with Crippen LogP contribution in [0.15, 0.2) is 66.9 Å². The van der Waals surface area contributed by atoms with E-state index in [4.69, 9.17) is 4.74 Å². The highest BCUT2D eigenvalue weighted by atomic mass is 19.4. The van der Waals surface area contributed by atoms with Gasteiger partial charge in [0, 0.05) is 23.3 Å². The van der Waals surface area contributed by atoms with Crippen molar-refractivity contribution in [1.82, 2.24) is 4.98 Å². The minimum absolute atomic E-state index is 0.0542. The van der Waals surface area contributed by atoms with Crippen molar-refractivity contribution in [3.05, 3.63) is 93.7 Å². The molecule has 0 aliphatic rings. The van der Waals surface area contributed by atoms with Crippen molar-refractivity contribution in [1.29, 1.82) is 0 Å². The smallest absolute Gasteiger partial charge is 0.416 e. The van der Waals surface area contributed by atoms with E-state index >= 15 is 0 Å². The van der Waals surface area contributed by atoms with Gasteiger partial charge in [0.05, 0.1) is 16.4 Å². The largest absolute Gasteiger partial charge is 0.482 e. The number of aromatic nitrogens is 1. The lowest BCUT2D eigenvalue weighted by molar-refractivity contribution is -0.385. The van der Waals surface area contributed by atoms with Crippen LogP contribution in [0.4, 0.5) is 18.9 Å². The predicted molar refractivity (Wildman–Crippen MR) is 127 cm³/mol. The van der Waals surface area contributed by atoms with Crippen molar-refractivity contribution in [3.63, 3.8) is 0 Å². The van der Waals surface area contributed by atoms with Crippen LogP contribution in [0.2, 0.25) is 0 Å². The third-order valence-electron chi connectivity index (χ3n) is 5.82. The number of benzene rings is 3. The number of nitrogens with zero attached hydrogens (tertiary/aromatic N) is 1. The molecule has 0 bridgehead atoms. The number of hydrogen-bond acceptors (Lipinski definition) is 4. The highest BCUT2D eigenvalue weighted by molar-refractivity contribution is 5.87. The number of nitro benzene ring substituents is 1. The van der Waals surface area contributed by atoms with E-state index in [0.717, 1.165) is 23.0 Å². The summed E-state index contributed by atoms with van der Waals surface area (Å²) in [5.74, 6) is -1.86. The number of hydrogen-bond donors (Lipinski definition) is 2. The number of nitrogens with one attached hydrogen (secondary N) is 1. The number of fused-ring (bicyclic) bond motifs is 1. The average Bonchev–Trinajstić information content (AvgIpc) is 3.30. The third kappa shape index (κ3) is 5.32. The van der Waals surface area contributed by atoms with E-state index < -0.39 is 28.6 Å². The second-order valence-electron chi connectivity index (χ2n) is 8.46. The molecule has 3 aromatic carbocycles. The Balaban J connectivity index is 1.77. The lowest BCUT2D eigenvalue weighted by atomic mass is 9.95. The van der Waals surface area contributed by atoms with Crippen LogP contribution in [-0.2, 0) is 24.0 Å². The number of aromatic amines is 1. The molecule has 0 saturated heterocycles. The SMILES string of the molecule is CC(Cc1cc(-c2ccc3[nH]ccc3c2)c(OCc2ccc(C(F)(F)F)cc2)c([N+](=O)[O-])c1)C(=O)O. The van der Waals surface area contributed by atoms with Crippen molar-refractivity contribution >= 4 is 22.6 Å². The highest BCUT2D eigenvalue weighted by Gasteiger charge is 2.30. The van der Waals surface area contributed by atoms with Gasteiger partial charge in [-0.3, -0.25) is 14.9 Å². The highest BCUT2D eigenvalue weighted by Crippen LogP contribution is 2.41. The molecular formula is C26H21F3N2O5. The quantitative estimate of drug-likeness (QED) is 0.210. The number of alkyl halides is 3. The Morgan fingerprint density at radius 3 is 2.44 bits per heavy atom. The van der Waals surface area contributed by atoms with Gasteiger partial charge in [0.25, 0.3) is 0 Å². The zero-order valence-electron chi connectivity index (χ0n) is 19.0. The standard InChI is InChI=1S/C26H21F3N2O5/c1-15(25(32)33)10-17-11-21(18-4-7-22-19(13-18)8-9-30-22)24(23(12-17)31(34)35)36-14-16-2-5-20(6-3-16)26(27,28)29/h2-9,11-13,15,30H,10,14H2,1H3,(H,32,33). The van der Waals surface area contributed by atoms with E-state index in [-0.39, 0.29) is 24.5 Å². The minimum Gasteiger partial charge on any atom is -0.482 e. The number of rotatable bonds is 8. The van der Waals surface area contributed by atoms with Gasteiger partial charge >= 0.3 is 17.8 Å². The first-order chi connectivity index (χ1) is 17.0. The third-order valence-corrected chi connectivity index (χ3v) is 5.82. The van der Waals surface area contributed by atoms with Crippen LogP contribution in [0.3, 0.4) is 0 Å². The first-order valence-corrected chi connectivity index (χ1v) is 10.9. The van der Waals surface area contributed by atoms with Crippen molar-refractivity contribution in [3.8, 4) is 16.9 Å². The van der Waals surface area contributed by atoms with Crippen LogP contribution in [-0.4, -0.2) is 21.0 Å². The molecule has 0 saturated carbocycles. The summed E-state index contributed by atoms with van der Waals surface area (Å²) in [4.78, 5) is 25.8. The molecule has 1 heterocycles. The maximum atomic E-state index is 12.9. The van der Waals surface area contributed by atoms with Crippen LogP contribution >= 0.6 is 0 Å². The minimum atomic E-state index is -4.48. The van der Waals surface area contributed by atoms with Gasteiger partial charge in [0.1, 0.15) is 6.61 Å². The molecule has 0 aliphatic heterocycles. The van der Waals surface area contributed by atoms with Crippen molar-refractivity contribution < 1.29 is 32.7 Å². The van der Waals surface area contributed by atoms with Crippen molar-refractivity contribution in [2.24, 2.45) is 5.92 Å². The van der Waals surface area contributed by atoms with Crippen LogP contribution in [0.1, 0.15) is 23.6 Å². The van der Waals surface area contributed by atoms with Crippen LogP contribution in [0.25, 0.3) is 22.0 Å². The van der Waals surface area contributed by atoms with Crippen molar-refractivity contribution in [2.45, 2.75) is 26.1 Å². The molecule has 4 aromatic rings. The van der Waals surface area contributed by atoms with Crippen LogP contribution in [0.5, 0.6) is 5.75 Å². The number of aliphatic carboxylic acids is 1. The first-order valence-electron chi connectivity index (χ1n) is 10.9. The molecule has 0 fully saturated rings. The molecule has 36 heavy (non-hydrogen) atoms. The zero-order chi connectivity index (χ0) is 26.0. The van der Waals surface area contributed by atoms with Gasteiger partial charge in [-0.1, -0.05) is 25.1 Å². The maximum absolute atomic E-state index is 12.9. The summed E-state index contributed by atoms with van der Waals surface area (Å²) in [6.07, 6.45) is -2.66. The second kappa shape index (κ2) is 9.73. The first kappa shape index (κ1) is 24.8. The summed E-state index contributed by atoms with van der Waals surface area (Å²) >= 11 is 0. The number of carboxylic acid groups (broad SMARTS) is 1. The fourth-order valence-electron chi connectivity index (χ4n) is 3.90. The Bertz CT molecular complexity index is 1430. The summed E-state index contributed by atoms with van der Waals surface area (Å²) in [5.41, 5.74) is 1.52. The van der Waals surface area contributed by atoms with Gasteiger partial charge in [0.2, 0.25) is 5.75 Å². The van der Waals surface area contributed by atoms with Gasteiger partial charge in [-0.25, -0.2) is 0 Å². The summed E-state index contributed by atoms with van der Waals surface area (Å²) in [5, 5.41) is 22.2. The molecule has 7 nitrogen and oxygen atoms in total. The summed E-state index contributed by atoms with van der Waals surface area (Å²) in [6, 6.07) is 14.5. The van der Waals surface area contributed by atoms with Gasteiger partial charge in [-0.2, -0.15) is 13.2 Å². The van der Waals surface area contributed by atoms with E-state index in [0.29, 0.717) is 22.3 Å². The summed E-state index contributed by atoms with van der Waals surface area (Å²) < 4.78 is 44.5. The molecule has 186 valence electrons. The normalized spacial score (nSPS) is 12.4. The van der Waals surface area contributed by atoms with Gasteiger partial charge < -0.3 is 14.8 Å². The average molecular weight is 498 g/mol. The molecule has 0 radical (unpaired) electrons. The predicted octanol–water partition coefficient (Wildman–Crippen LogP) is 6.60. The van der Waals surface area contributed by atoms with Crippen molar-refractivity contribution in [2.75, 3.05) is 0 Å². The molecule has 1 unspecified atom stereocenters. The second-order valence-corrected chi connectivity index (χ2v) is 8.46. The van der Waals surface area contributed by atoms with E-state index in [1.807, 2.05) is 18.2 Å². The number of H-pyrrole nitrogens is 1. The van der Waals surface area contributed by atoms with Crippen LogP contribution < -0.4 is 4.74 Å². The Hall–Kier alpha value is -4.34. The fourth-order valence-corrected chi connectivity index (χ4v) is 3.90. The lowest BCUT2D eigenvalue weighted by Gasteiger charge is -2.16. The zero-order valence-corrected chi connectivity index (χ0v) is 19.0. The molecule has 1 atom stereocenters. The molecule has 10 heteroatoms. The van der Waals surface area contributed by atoms with E-state index in [2.05, 4.69) is 4.98 Å². The Morgan fingerprint density at radius 2 is 1.81 bits per heavy atom. The van der Waals surface area contributed by atoms with Gasteiger partial charge in [-0.05, 0) is 64.9 Å². The number of carboxylic acids is 1. The molecule has 0 aliphatic carbocycles. The van der Waals surface area contributed by atoms with Gasteiger partial charge in [-0.15, -0.1) is 0 Å². The number of ether oxygens (including phenoxy) is 1. The molecule has 4 rings (SSSR count). The van der Waals surface area contributed by atoms with Crippen LogP contribution in [0, 0.1) is 16.0 Å². The molecule has 0 amide bonds. The molecule has 1 aromatic heterocycles. The molecule has 2 N–H and O–H groups in total. The Morgan fingerprint density at radius 1 is 1.08 bits per heavy atom. The van der Waals surface area contributed by atoms with E-state index in [1.165, 1.54) is 25.1 Å². The van der Waals surface area contributed by atoms with Gasteiger partial charge in [0.15, 0.2) is 0 Å². The van der Waals surface area contributed by atoms with E-state index in [9.17, 15) is 33.2 Å². The number of halogens is 3. The maximum Gasteiger partial charge on any atom is 0.416 e. The topological polar surface area (TPSA) is 105 Å². The summed E-state index contributed by atoms with van der Waals surface area (Å²) in [6.45, 7) is 1.30. The number of carbonyl (C=O) groups is 1. The Labute approximate surface area is 203 Å². The lowest BCUT2D eigenvalue weighted by Crippen LogP contribution is -2.12. The molecule has 0 spiro atoms. The fraction of sp³-hybridized carbons (Fsp3) is 0.192. The monoisotopic (exact) mass is 498 g/mol. The Kier molecular flexibility index (Phi) is 6.69. The number of nitro groups is 1.